The van der Waals surface area contributed by atoms with Crippen molar-refractivity contribution in [3.8, 4) is 11.5 Å². The molecule has 0 aromatic heterocycles. The minimum Gasteiger partial charge on any atom is -0.493 e. The fraction of sp³-hybridized carbons (Fsp3) is 0.474. The first-order chi connectivity index (χ1) is 12.1. The number of thiocarbonyl (C=S) groups is 1. The lowest BCUT2D eigenvalue weighted by Crippen LogP contribution is -2.30. The van der Waals surface area contributed by atoms with Gasteiger partial charge in [-0.3, -0.25) is 9.69 Å². The Balaban J connectivity index is 1.71. The van der Waals surface area contributed by atoms with Crippen LogP contribution in [0.15, 0.2) is 23.1 Å². The van der Waals surface area contributed by atoms with Gasteiger partial charge in [0.1, 0.15) is 4.32 Å². The lowest BCUT2D eigenvalue weighted by atomic mass is 10.0. The molecule has 1 aromatic carbocycles. The number of carbonyl (C=O) groups is 1. The predicted molar refractivity (Wildman–Crippen MR) is 106 cm³/mol. The van der Waals surface area contributed by atoms with E-state index in [0.29, 0.717) is 20.7 Å². The minimum absolute atomic E-state index is 0.0165. The predicted octanol–water partition coefficient (Wildman–Crippen LogP) is 4.49. The molecule has 1 saturated carbocycles. The Kier molecular flexibility index (Phi) is 6.02. The number of ether oxygens (including phenoxy) is 2. The van der Waals surface area contributed by atoms with Crippen molar-refractivity contribution in [2.75, 3.05) is 20.8 Å². The van der Waals surface area contributed by atoms with Crippen LogP contribution in [0.1, 0.15) is 37.7 Å². The maximum atomic E-state index is 12.7. The second kappa shape index (κ2) is 8.23. The highest BCUT2D eigenvalue weighted by atomic mass is 32.2. The highest BCUT2D eigenvalue weighted by Gasteiger charge is 2.32. The summed E-state index contributed by atoms with van der Waals surface area (Å²) in [6, 6.07) is 5.61. The molecular weight excluding hydrogens is 354 g/mol. The van der Waals surface area contributed by atoms with Gasteiger partial charge >= 0.3 is 0 Å². The molecule has 0 atom stereocenters. The van der Waals surface area contributed by atoms with Crippen molar-refractivity contribution in [3.63, 3.8) is 0 Å². The Morgan fingerprint density at radius 3 is 2.64 bits per heavy atom. The van der Waals surface area contributed by atoms with E-state index in [0.717, 1.165) is 24.4 Å². The molecule has 1 aromatic rings. The number of hydrogen-bond donors (Lipinski definition) is 0. The molecule has 134 valence electrons. The Morgan fingerprint density at radius 1 is 1.24 bits per heavy atom. The number of amides is 1. The average molecular weight is 378 g/mol. The Hall–Kier alpha value is -1.53. The summed E-state index contributed by atoms with van der Waals surface area (Å²) in [7, 11) is 3.21. The van der Waals surface area contributed by atoms with Gasteiger partial charge in [-0.05, 0) is 36.1 Å². The summed E-state index contributed by atoms with van der Waals surface area (Å²) in [6.07, 6.45) is 8.14. The van der Waals surface area contributed by atoms with Crippen molar-refractivity contribution in [2.45, 2.75) is 32.1 Å². The molecule has 4 nitrogen and oxygen atoms in total. The number of benzene rings is 1. The lowest BCUT2D eigenvalue weighted by molar-refractivity contribution is -0.122. The molecular formula is C19H23NO3S2. The van der Waals surface area contributed by atoms with Crippen LogP contribution in [0, 0.1) is 5.92 Å². The molecule has 2 aliphatic rings. The molecule has 1 amide bonds. The SMILES string of the molecule is COc1ccc(/C=C2/SC(=S)N(CCC3CCCC3)C2=O)cc1OC. The smallest absolute Gasteiger partial charge is 0.266 e. The van der Waals surface area contributed by atoms with Gasteiger partial charge in [0, 0.05) is 6.54 Å². The van der Waals surface area contributed by atoms with E-state index in [1.165, 1.54) is 37.4 Å². The van der Waals surface area contributed by atoms with E-state index in [2.05, 4.69) is 0 Å². The fourth-order valence-corrected chi connectivity index (χ4v) is 4.71. The monoisotopic (exact) mass is 377 g/mol. The number of hydrogen-bond acceptors (Lipinski definition) is 5. The molecule has 1 aliphatic carbocycles. The number of methoxy groups -OCH3 is 2. The topological polar surface area (TPSA) is 38.8 Å². The van der Waals surface area contributed by atoms with Gasteiger partial charge in [0.2, 0.25) is 0 Å². The van der Waals surface area contributed by atoms with Gasteiger partial charge in [-0.15, -0.1) is 0 Å². The van der Waals surface area contributed by atoms with Crippen molar-refractivity contribution < 1.29 is 14.3 Å². The fourth-order valence-electron chi connectivity index (χ4n) is 3.40. The van der Waals surface area contributed by atoms with E-state index < -0.39 is 0 Å². The van der Waals surface area contributed by atoms with Gasteiger partial charge in [-0.1, -0.05) is 55.7 Å². The van der Waals surface area contributed by atoms with Crippen LogP contribution >= 0.6 is 24.0 Å². The maximum absolute atomic E-state index is 12.7. The number of nitrogens with zero attached hydrogens (tertiary/aromatic N) is 1. The Morgan fingerprint density at radius 2 is 1.96 bits per heavy atom. The third-order valence-electron chi connectivity index (χ3n) is 4.81. The Labute approximate surface area is 158 Å². The van der Waals surface area contributed by atoms with Gasteiger partial charge in [0.15, 0.2) is 11.5 Å². The summed E-state index contributed by atoms with van der Waals surface area (Å²) >= 11 is 6.80. The molecule has 25 heavy (non-hydrogen) atoms. The summed E-state index contributed by atoms with van der Waals surface area (Å²) in [6.45, 7) is 0.735. The zero-order valence-corrected chi connectivity index (χ0v) is 16.3. The van der Waals surface area contributed by atoms with E-state index in [9.17, 15) is 4.79 Å². The number of carbonyl (C=O) groups excluding carboxylic acids is 1. The Bertz CT molecular complexity index is 696. The quantitative estimate of drug-likeness (QED) is 0.540. The van der Waals surface area contributed by atoms with Gasteiger partial charge in [-0.2, -0.15) is 0 Å². The highest BCUT2D eigenvalue weighted by Crippen LogP contribution is 2.36. The van der Waals surface area contributed by atoms with E-state index in [1.807, 2.05) is 24.3 Å². The summed E-state index contributed by atoms with van der Waals surface area (Å²) in [5.74, 6) is 2.08. The molecule has 0 bridgehead atoms. The van der Waals surface area contributed by atoms with Crippen LogP contribution in [0.4, 0.5) is 0 Å². The first-order valence-corrected chi connectivity index (χ1v) is 9.82. The molecule has 0 spiro atoms. The summed E-state index contributed by atoms with van der Waals surface area (Å²) in [4.78, 5) is 15.1. The molecule has 1 aliphatic heterocycles. The van der Waals surface area contributed by atoms with Crippen molar-refractivity contribution >= 4 is 40.3 Å². The van der Waals surface area contributed by atoms with Crippen LogP contribution in [-0.2, 0) is 4.79 Å². The third-order valence-corrected chi connectivity index (χ3v) is 6.19. The second-order valence-corrected chi connectivity index (χ2v) is 8.06. The second-order valence-electron chi connectivity index (χ2n) is 6.39. The van der Waals surface area contributed by atoms with E-state index in [4.69, 9.17) is 21.7 Å². The molecule has 0 radical (unpaired) electrons. The van der Waals surface area contributed by atoms with Crippen LogP contribution in [0.25, 0.3) is 6.08 Å². The minimum atomic E-state index is 0.0165. The van der Waals surface area contributed by atoms with Crippen molar-refractivity contribution in [2.24, 2.45) is 5.92 Å². The van der Waals surface area contributed by atoms with E-state index in [1.54, 1.807) is 19.1 Å². The summed E-state index contributed by atoms with van der Waals surface area (Å²) in [5.41, 5.74) is 0.897. The van der Waals surface area contributed by atoms with Crippen molar-refractivity contribution in [1.82, 2.24) is 4.90 Å². The first kappa shape index (κ1) is 18.3. The first-order valence-electron chi connectivity index (χ1n) is 8.59. The van der Waals surface area contributed by atoms with Crippen LogP contribution < -0.4 is 9.47 Å². The molecule has 1 saturated heterocycles. The zero-order valence-electron chi connectivity index (χ0n) is 14.6. The lowest BCUT2D eigenvalue weighted by Gasteiger charge is -2.17. The van der Waals surface area contributed by atoms with Gasteiger partial charge in [0.05, 0.1) is 19.1 Å². The number of rotatable bonds is 6. The van der Waals surface area contributed by atoms with Gasteiger partial charge in [0.25, 0.3) is 5.91 Å². The van der Waals surface area contributed by atoms with Crippen molar-refractivity contribution in [3.05, 3.63) is 28.7 Å². The summed E-state index contributed by atoms with van der Waals surface area (Å²) < 4.78 is 11.2. The van der Waals surface area contributed by atoms with Crippen LogP contribution in [-0.4, -0.2) is 35.9 Å². The molecule has 6 heteroatoms. The van der Waals surface area contributed by atoms with Crippen LogP contribution in [0.5, 0.6) is 11.5 Å². The summed E-state index contributed by atoms with van der Waals surface area (Å²) in [5, 5.41) is 0. The third kappa shape index (κ3) is 4.18. The molecule has 0 N–H and O–H groups in total. The largest absolute Gasteiger partial charge is 0.493 e. The van der Waals surface area contributed by atoms with E-state index in [-0.39, 0.29) is 5.91 Å². The number of thioether (sulfide) groups is 1. The van der Waals surface area contributed by atoms with Crippen molar-refractivity contribution in [1.29, 1.82) is 0 Å². The van der Waals surface area contributed by atoms with Crippen LogP contribution in [0.3, 0.4) is 0 Å². The molecule has 3 rings (SSSR count). The van der Waals surface area contributed by atoms with Crippen LogP contribution in [0.2, 0.25) is 0 Å². The van der Waals surface area contributed by atoms with Gasteiger partial charge in [-0.25, -0.2) is 0 Å². The normalized spacial score (nSPS) is 19.9. The van der Waals surface area contributed by atoms with E-state index >= 15 is 0 Å². The molecule has 2 fully saturated rings. The molecule has 1 heterocycles. The highest BCUT2D eigenvalue weighted by molar-refractivity contribution is 8.26. The molecule has 0 unspecified atom stereocenters. The maximum Gasteiger partial charge on any atom is 0.266 e. The zero-order chi connectivity index (χ0) is 17.8. The average Bonchev–Trinajstić information content (AvgIpc) is 3.22. The van der Waals surface area contributed by atoms with Gasteiger partial charge < -0.3 is 9.47 Å². The standard InChI is InChI=1S/C19H23NO3S2/c1-22-15-8-7-14(11-16(15)23-2)12-17-18(21)20(19(24)25-17)10-9-13-5-3-4-6-13/h7-8,11-13H,3-6,9-10H2,1-2H3/b17-12+.